The number of benzene rings is 2. The molecule has 0 aliphatic heterocycles. The second-order valence-electron chi connectivity index (χ2n) is 15.5. The maximum atomic E-state index is 6.32. The standard InChI is InChI=1S/C45H70Br6O4/c1-5-7-9-11-13-15-17-19-21-23-25-52-32-37(47)33-54-43-39(48)27-35(28-40(43)49)45(3,4)36-29-41(50)44(42(51)30-36)55-34-38(31-46)53-26-24-22-20-18-16-14-12-10-8-6-2/h27-30,37-38H,5-26,31-34H2,1-4H3. The van der Waals surface area contributed by atoms with E-state index in [1.165, 1.54) is 116 Å². The van der Waals surface area contributed by atoms with E-state index in [1.54, 1.807) is 0 Å². The highest BCUT2D eigenvalue weighted by Gasteiger charge is 2.28. The lowest BCUT2D eigenvalue weighted by Gasteiger charge is -2.28. The fourth-order valence-electron chi connectivity index (χ4n) is 6.56. The molecular weight excluding hydrogens is 1080 g/mol. The van der Waals surface area contributed by atoms with Crippen molar-refractivity contribution in [3.05, 3.63) is 53.3 Å². The lowest BCUT2D eigenvalue weighted by atomic mass is 9.78. The van der Waals surface area contributed by atoms with Crippen LogP contribution in [0.1, 0.15) is 167 Å². The minimum absolute atomic E-state index is 0.00867. The minimum Gasteiger partial charge on any atom is -0.490 e. The van der Waals surface area contributed by atoms with Gasteiger partial charge in [-0.2, -0.15) is 0 Å². The largest absolute Gasteiger partial charge is 0.490 e. The molecule has 0 aliphatic carbocycles. The molecule has 2 atom stereocenters. The average Bonchev–Trinajstić information content (AvgIpc) is 3.15. The molecule has 0 heterocycles. The molecule has 0 radical (unpaired) electrons. The zero-order chi connectivity index (χ0) is 40.3. The predicted molar refractivity (Wildman–Crippen MR) is 258 cm³/mol. The van der Waals surface area contributed by atoms with E-state index in [1.807, 2.05) is 0 Å². The molecule has 316 valence electrons. The number of rotatable bonds is 34. The van der Waals surface area contributed by atoms with Gasteiger partial charge in [-0.3, -0.25) is 0 Å². The van der Waals surface area contributed by atoms with Gasteiger partial charge < -0.3 is 18.9 Å². The van der Waals surface area contributed by atoms with Crippen molar-refractivity contribution in [3.8, 4) is 11.5 Å². The van der Waals surface area contributed by atoms with Gasteiger partial charge in [-0.25, -0.2) is 0 Å². The van der Waals surface area contributed by atoms with Gasteiger partial charge in [0.15, 0.2) is 0 Å². The third-order valence-electron chi connectivity index (χ3n) is 10.2. The minimum atomic E-state index is -0.301. The van der Waals surface area contributed by atoms with Crippen molar-refractivity contribution in [2.24, 2.45) is 0 Å². The molecule has 0 aromatic heterocycles. The van der Waals surface area contributed by atoms with Crippen LogP contribution in [0.5, 0.6) is 11.5 Å². The first-order valence-corrected chi connectivity index (χ1v) is 26.4. The van der Waals surface area contributed by atoms with Crippen molar-refractivity contribution in [3.63, 3.8) is 0 Å². The summed E-state index contributed by atoms with van der Waals surface area (Å²) in [6, 6.07) is 8.63. The highest BCUT2D eigenvalue weighted by atomic mass is 79.9. The van der Waals surface area contributed by atoms with E-state index in [2.05, 4.69) is 148 Å². The SMILES string of the molecule is CCCCCCCCCCCCOCC(Br)COc1c(Br)cc(C(C)(C)c2cc(Br)c(OCC(CBr)OCCCCCCCCCCCC)c(Br)c2)cc1Br. The summed E-state index contributed by atoms with van der Waals surface area (Å²) in [6.45, 7) is 12.2. The quantitative estimate of drug-likeness (QED) is 0.0517. The summed E-state index contributed by atoms with van der Waals surface area (Å²) in [6.07, 6.45) is 26.5. The van der Waals surface area contributed by atoms with Crippen molar-refractivity contribution < 1.29 is 18.9 Å². The lowest BCUT2D eigenvalue weighted by Crippen LogP contribution is -2.24. The molecule has 2 unspecified atom stereocenters. The first-order chi connectivity index (χ1) is 26.5. The molecule has 0 spiro atoms. The van der Waals surface area contributed by atoms with Crippen LogP contribution < -0.4 is 9.47 Å². The van der Waals surface area contributed by atoms with Gasteiger partial charge in [0.25, 0.3) is 0 Å². The van der Waals surface area contributed by atoms with E-state index in [9.17, 15) is 0 Å². The summed E-state index contributed by atoms with van der Waals surface area (Å²) in [5, 5.41) is 0.734. The first kappa shape index (κ1) is 52.0. The lowest BCUT2D eigenvalue weighted by molar-refractivity contribution is 0.0335. The van der Waals surface area contributed by atoms with Crippen molar-refractivity contribution in [2.75, 3.05) is 38.4 Å². The highest BCUT2D eigenvalue weighted by Crippen LogP contribution is 2.44. The second-order valence-corrected chi connectivity index (χ2v) is 20.8. The van der Waals surface area contributed by atoms with Gasteiger partial charge in [0.05, 0.1) is 29.3 Å². The van der Waals surface area contributed by atoms with Crippen LogP contribution in [-0.2, 0) is 14.9 Å². The number of unbranched alkanes of at least 4 members (excludes halogenated alkanes) is 18. The third-order valence-corrected chi connectivity index (χ3v) is 13.8. The summed E-state index contributed by atoms with van der Waals surface area (Å²) < 4.78 is 28.4. The monoisotopic (exact) mass is 1150 g/mol. The summed E-state index contributed by atoms with van der Waals surface area (Å²) in [5.41, 5.74) is 2.01. The molecule has 0 aliphatic rings. The highest BCUT2D eigenvalue weighted by molar-refractivity contribution is 9.11. The number of alkyl halides is 2. The van der Waals surface area contributed by atoms with Crippen LogP contribution in [0.25, 0.3) is 0 Å². The van der Waals surface area contributed by atoms with Crippen molar-refractivity contribution in [1.82, 2.24) is 0 Å². The smallest absolute Gasteiger partial charge is 0.147 e. The molecular formula is C45H70Br6O4. The normalized spacial score (nSPS) is 13.0. The third kappa shape index (κ3) is 21.8. The van der Waals surface area contributed by atoms with Gasteiger partial charge in [-0.15, -0.1) is 0 Å². The van der Waals surface area contributed by atoms with Crippen LogP contribution >= 0.6 is 95.6 Å². The molecule has 0 bridgehead atoms. The summed E-state index contributed by atoms with van der Waals surface area (Å²) in [4.78, 5) is 0.113. The van der Waals surface area contributed by atoms with E-state index in [-0.39, 0.29) is 16.3 Å². The number of hydrogen-bond donors (Lipinski definition) is 0. The predicted octanol–water partition coefficient (Wildman–Crippen LogP) is 17.2. The van der Waals surface area contributed by atoms with Crippen LogP contribution in [0.2, 0.25) is 0 Å². The van der Waals surface area contributed by atoms with Gasteiger partial charge in [0.1, 0.15) is 30.8 Å². The first-order valence-electron chi connectivity index (χ1n) is 21.2. The van der Waals surface area contributed by atoms with Crippen molar-refractivity contribution >= 4 is 95.6 Å². The Labute approximate surface area is 386 Å². The Kier molecular flexibility index (Phi) is 29.9. The van der Waals surface area contributed by atoms with E-state index >= 15 is 0 Å². The Balaban J connectivity index is 1.79. The summed E-state index contributed by atoms with van der Waals surface area (Å²) in [5.74, 6) is 1.58. The van der Waals surface area contributed by atoms with Crippen LogP contribution in [0.15, 0.2) is 42.2 Å². The van der Waals surface area contributed by atoms with Crippen LogP contribution in [0, 0.1) is 0 Å². The molecule has 4 nitrogen and oxygen atoms in total. The molecule has 10 heteroatoms. The Morgan fingerprint density at radius 1 is 0.509 bits per heavy atom. The van der Waals surface area contributed by atoms with Crippen molar-refractivity contribution in [1.29, 1.82) is 0 Å². The number of halogens is 6. The van der Waals surface area contributed by atoms with E-state index in [4.69, 9.17) is 18.9 Å². The summed E-state index contributed by atoms with van der Waals surface area (Å²) >= 11 is 22.6. The molecule has 55 heavy (non-hydrogen) atoms. The van der Waals surface area contributed by atoms with E-state index < -0.39 is 0 Å². The zero-order valence-electron chi connectivity index (χ0n) is 34.2. The Morgan fingerprint density at radius 2 is 0.873 bits per heavy atom. The molecule has 0 fully saturated rings. The van der Waals surface area contributed by atoms with E-state index in [0.717, 1.165) is 71.9 Å². The topological polar surface area (TPSA) is 36.9 Å². The fraction of sp³-hybridized carbons (Fsp3) is 0.733. The van der Waals surface area contributed by atoms with Crippen LogP contribution in [0.3, 0.4) is 0 Å². The summed E-state index contributed by atoms with van der Waals surface area (Å²) in [7, 11) is 0. The second kappa shape index (κ2) is 31.7. The molecule has 0 saturated carbocycles. The van der Waals surface area contributed by atoms with Gasteiger partial charge in [-0.1, -0.05) is 175 Å². The number of hydrogen-bond acceptors (Lipinski definition) is 4. The maximum absolute atomic E-state index is 6.32. The fourth-order valence-corrected chi connectivity index (χ4v) is 10.1. The molecule has 2 aromatic rings. The number of ether oxygens (including phenoxy) is 4. The van der Waals surface area contributed by atoms with Gasteiger partial charge >= 0.3 is 0 Å². The van der Waals surface area contributed by atoms with Gasteiger partial charge in [-0.05, 0) is 112 Å². The van der Waals surface area contributed by atoms with Crippen molar-refractivity contribution in [2.45, 2.75) is 172 Å². The Morgan fingerprint density at radius 3 is 1.27 bits per heavy atom. The van der Waals surface area contributed by atoms with E-state index in [0.29, 0.717) is 19.8 Å². The molecule has 0 amide bonds. The molecule has 0 saturated heterocycles. The maximum Gasteiger partial charge on any atom is 0.147 e. The molecule has 2 rings (SSSR count). The molecule has 2 aromatic carbocycles. The Bertz CT molecular complexity index is 1250. The van der Waals surface area contributed by atoms with Crippen LogP contribution in [-0.4, -0.2) is 49.3 Å². The Hall–Kier alpha value is 0.840. The zero-order valence-corrected chi connectivity index (χ0v) is 43.8. The average molecular weight is 1150 g/mol. The molecule has 0 N–H and O–H groups in total. The van der Waals surface area contributed by atoms with Gasteiger partial charge in [0.2, 0.25) is 0 Å². The van der Waals surface area contributed by atoms with Gasteiger partial charge in [0, 0.05) is 24.0 Å². The van der Waals surface area contributed by atoms with Crippen LogP contribution in [0.4, 0.5) is 0 Å².